The van der Waals surface area contributed by atoms with E-state index >= 15 is 0 Å². The minimum absolute atomic E-state index is 0.0273. The maximum atomic E-state index is 12.9. The van der Waals surface area contributed by atoms with E-state index in [9.17, 15) is 9.59 Å². The first-order chi connectivity index (χ1) is 17.0. The normalized spacial score (nSPS) is 18.6. The number of fused-ring (bicyclic) bond motifs is 1. The van der Waals surface area contributed by atoms with E-state index in [1.165, 1.54) is 24.8 Å². The van der Waals surface area contributed by atoms with Crippen molar-refractivity contribution in [1.29, 1.82) is 0 Å². The van der Waals surface area contributed by atoms with Gasteiger partial charge < -0.3 is 19.9 Å². The summed E-state index contributed by atoms with van der Waals surface area (Å²) in [6.07, 6.45) is 4.97. The Morgan fingerprint density at radius 2 is 1.83 bits per heavy atom. The smallest absolute Gasteiger partial charge is 0.227 e. The monoisotopic (exact) mass is 477 g/mol. The molecule has 2 aromatic rings. The topological polar surface area (TPSA) is 61.9 Å². The number of ether oxygens (including phenoxy) is 1. The van der Waals surface area contributed by atoms with Crippen LogP contribution in [0, 0.1) is 12.8 Å². The van der Waals surface area contributed by atoms with Gasteiger partial charge in [0.2, 0.25) is 11.8 Å². The second-order valence-corrected chi connectivity index (χ2v) is 10.1. The minimum atomic E-state index is -0.0635. The molecule has 0 radical (unpaired) electrons. The average Bonchev–Trinajstić information content (AvgIpc) is 2.86. The summed E-state index contributed by atoms with van der Waals surface area (Å²) in [5, 5.41) is 3.00. The van der Waals surface area contributed by atoms with E-state index < -0.39 is 0 Å². The highest BCUT2D eigenvalue weighted by Gasteiger charge is 2.27. The van der Waals surface area contributed by atoms with Crippen LogP contribution in [0.25, 0.3) is 0 Å². The third kappa shape index (κ3) is 7.31. The molecule has 0 aliphatic carbocycles. The number of piperidine rings is 1. The van der Waals surface area contributed by atoms with Gasteiger partial charge in [0.1, 0.15) is 11.9 Å². The summed E-state index contributed by atoms with van der Waals surface area (Å²) in [7, 11) is 0. The molecular weight excluding hydrogens is 438 g/mol. The Balaban J connectivity index is 1.11. The molecule has 35 heavy (non-hydrogen) atoms. The van der Waals surface area contributed by atoms with Gasteiger partial charge in [-0.05, 0) is 88.3 Å². The standard InChI is InChI=1S/C29H39N3O3/c1-22-9-10-27-26(19-22)32(21-23(2)35-27)29(34)12-11-28(33)30-15-6-16-31-17-13-25(14-18-31)20-24-7-4-3-5-8-24/h3-5,7-10,19,23,25H,6,11-18,20-21H2,1-2H3,(H,30,33)/t23-/m1/s1. The van der Waals surface area contributed by atoms with Crippen LogP contribution in [0.15, 0.2) is 48.5 Å². The van der Waals surface area contributed by atoms with E-state index in [1.54, 1.807) is 4.90 Å². The molecule has 0 spiro atoms. The summed E-state index contributed by atoms with van der Waals surface area (Å²) in [6, 6.07) is 16.7. The molecule has 2 aromatic carbocycles. The van der Waals surface area contributed by atoms with Gasteiger partial charge >= 0.3 is 0 Å². The molecule has 1 atom stereocenters. The van der Waals surface area contributed by atoms with Crippen LogP contribution in [0.4, 0.5) is 5.69 Å². The Morgan fingerprint density at radius 1 is 1.06 bits per heavy atom. The van der Waals surface area contributed by atoms with Gasteiger partial charge in [-0.3, -0.25) is 9.59 Å². The lowest BCUT2D eigenvalue weighted by atomic mass is 9.90. The lowest BCUT2D eigenvalue weighted by molar-refractivity contribution is -0.125. The van der Waals surface area contributed by atoms with Gasteiger partial charge in [0.15, 0.2) is 0 Å². The van der Waals surface area contributed by atoms with Gasteiger partial charge in [-0.15, -0.1) is 0 Å². The second-order valence-electron chi connectivity index (χ2n) is 10.1. The Hall–Kier alpha value is -2.86. The van der Waals surface area contributed by atoms with Gasteiger partial charge in [-0.25, -0.2) is 0 Å². The summed E-state index contributed by atoms with van der Waals surface area (Å²) in [4.78, 5) is 29.5. The van der Waals surface area contributed by atoms with Crippen molar-refractivity contribution in [3.05, 3.63) is 59.7 Å². The number of nitrogens with one attached hydrogen (secondary N) is 1. The van der Waals surface area contributed by atoms with E-state index in [4.69, 9.17) is 4.74 Å². The van der Waals surface area contributed by atoms with Crippen LogP contribution in [-0.4, -0.2) is 55.5 Å². The van der Waals surface area contributed by atoms with Crippen LogP contribution in [0.2, 0.25) is 0 Å². The Kier molecular flexibility index (Phi) is 8.80. The molecule has 188 valence electrons. The first-order valence-corrected chi connectivity index (χ1v) is 13.1. The van der Waals surface area contributed by atoms with Crippen molar-refractivity contribution in [3.8, 4) is 5.75 Å². The van der Waals surface area contributed by atoms with Crippen molar-refractivity contribution in [2.75, 3.05) is 37.6 Å². The molecule has 2 heterocycles. The summed E-state index contributed by atoms with van der Waals surface area (Å²) in [5.41, 5.74) is 3.33. The second kappa shape index (κ2) is 12.2. The fraction of sp³-hybridized carbons (Fsp3) is 0.517. The van der Waals surface area contributed by atoms with Crippen molar-refractivity contribution in [3.63, 3.8) is 0 Å². The molecule has 4 rings (SSSR count). The van der Waals surface area contributed by atoms with E-state index in [-0.39, 0.29) is 30.8 Å². The van der Waals surface area contributed by atoms with Crippen LogP contribution in [0.5, 0.6) is 5.75 Å². The maximum Gasteiger partial charge on any atom is 0.227 e. The summed E-state index contributed by atoms with van der Waals surface area (Å²) in [6.45, 7) is 8.42. The SMILES string of the molecule is Cc1ccc2c(c1)N(C(=O)CCC(=O)NCCCN1CCC(Cc3ccccc3)CC1)C[C@@H](C)O2. The Morgan fingerprint density at radius 3 is 2.60 bits per heavy atom. The molecule has 2 amide bonds. The molecule has 0 aromatic heterocycles. The fourth-order valence-electron chi connectivity index (χ4n) is 5.12. The number of aryl methyl sites for hydroxylation is 1. The number of likely N-dealkylation sites (tertiary alicyclic amines) is 1. The van der Waals surface area contributed by atoms with Crippen LogP contribution in [0.3, 0.4) is 0 Å². The average molecular weight is 478 g/mol. The van der Waals surface area contributed by atoms with Crippen molar-refractivity contribution in [2.45, 2.75) is 58.5 Å². The number of carbonyl (C=O) groups is 2. The lowest BCUT2D eigenvalue weighted by Crippen LogP contribution is -2.42. The first kappa shape index (κ1) is 25.2. The number of nitrogens with zero attached hydrogens (tertiary/aromatic N) is 2. The van der Waals surface area contributed by atoms with Crippen LogP contribution >= 0.6 is 0 Å². The van der Waals surface area contributed by atoms with Gasteiger partial charge in [-0.1, -0.05) is 36.4 Å². The van der Waals surface area contributed by atoms with Crippen LogP contribution < -0.4 is 15.0 Å². The maximum absolute atomic E-state index is 12.9. The van der Waals surface area contributed by atoms with E-state index in [0.29, 0.717) is 13.1 Å². The highest BCUT2D eigenvalue weighted by molar-refractivity contribution is 5.97. The molecule has 0 saturated carbocycles. The number of benzene rings is 2. The van der Waals surface area contributed by atoms with Crippen molar-refractivity contribution in [2.24, 2.45) is 5.92 Å². The molecule has 2 aliphatic heterocycles. The summed E-state index contributed by atoms with van der Waals surface area (Å²) >= 11 is 0. The summed E-state index contributed by atoms with van der Waals surface area (Å²) in [5.74, 6) is 1.43. The number of amides is 2. The highest BCUT2D eigenvalue weighted by Crippen LogP contribution is 2.34. The van der Waals surface area contributed by atoms with Gasteiger partial charge in [-0.2, -0.15) is 0 Å². The molecule has 1 saturated heterocycles. The number of anilines is 1. The zero-order chi connectivity index (χ0) is 24.6. The zero-order valence-corrected chi connectivity index (χ0v) is 21.2. The number of hydrogen-bond acceptors (Lipinski definition) is 4. The molecule has 6 nitrogen and oxygen atoms in total. The predicted molar refractivity (Wildman–Crippen MR) is 140 cm³/mol. The van der Waals surface area contributed by atoms with Crippen LogP contribution in [-0.2, 0) is 16.0 Å². The van der Waals surface area contributed by atoms with Crippen molar-refractivity contribution in [1.82, 2.24) is 10.2 Å². The molecule has 0 unspecified atom stereocenters. The Labute approximate surface area is 209 Å². The van der Waals surface area contributed by atoms with Crippen molar-refractivity contribution >= 4 is 17.5 Å². The largest absolute Gasteiger partial charge is 0.487 e. The molecule has 1 N–H and O–H groups in total. The molecular formula is C29H39N3O3. The third-order valence-corrected chi connectivity index (χ3v) is 7.09. The van der Waals surface area contributed by atoms with Gasteiger partial charge in [0, 0.05) is 19.4 Å². The third-order valence-electron chi connectivity index (χ3n) is 7.09. The minimum Gasteiger partial charge on any atom is -0.487 e. The quantitative estimate of drug-likeness (QED) is 0.546. The fourth-order valence-corrected chi connectivity index (χ4v) is 5.12. The number of carbonyl (C=O) groups excluding carboxylic acids is 2. The molecule has 0 bridgehead atoms. The molecule has 1 fully saturated rings. The van der Waals surface area contributed by atoms with Crippen molar-refractivity contribution < 1.29 is 14.3 Å². The number of rotatable bonds is 9. The zero-order valence-electron chi connectivity index (χ0n) is 21.2. The van der Waals surface area contributed by atoms with Gasteiger partial charge in [0.25, 0.3) is 0 Å². The molecule has 6 heteroatoms. The highest BCUT2D eigenvalue weighted by atomic mass is 16.5. The molecule has 2 aliphatic rings. The predicted octanol–water partition coefficient (Wildman–Crippen LogP) is 4.35. The lowest BCUT2D eigenvalue weighted by Gasteiger charge is -2.33. The van der Waals surface area contributed by atoms with E-state index in [2.05, 4.69) is 40.5 Å². The van der Waals surface area contributed by atoms with Crippen LogP contribution in [0.1, 0.15) is 50.2 Å². The Bertz CT molecular complexity index is 986. The van der Waals surface area contributed by atoms with Gasteiger partial charge in [0.05, 0.1) is 12.2 Å². The summed E-state index contributed by atoms with van der Waals surface area (Å²) < 4.78 is 5.86. The van der Waals surface area contributed by atoms with E-state index in [0.717, 1.165) is 49.0 Å². The first-order valence-electron chi connectivity index (χ1n) is 13.1. The number of hydrogen-bond donors (Lipinski definition) is 1. The van der Waals surface area contributed by atoms with E-state index in [1.807, 2.05) is 32.0 Å².